The predicted octanol–water partition coefficient (Wildman–Crippen LogP) is 0.427. The maximum atomic E-state index is 12.7. The first-order valence-corrected chi connectivity index (χ1v) is 8.68. The first-order chi connectivity index (χ1) is 11.8. The molecule has 2 aromatic rings. The predicted molar refractivity (Wildman–Crippen MR) is 80.1 cm³/mol. The molecule has 130 valence electrons. The average Bonchev–Trinajstić information content (AvgIpc) is 3.14. The molecule has 0 spiro atoms. The monoisotopic (exact) mass is 364 g/mol. The van der Waals surface area contributed by atoms with Gasteiger partial charge in [0.05, 0.1) is 11.4 Å². The van der Waals surface area contributed by atoms with Crippen molar-refractivity contribution in [1.29, 1.82) is 0 Å². The molecule has 0 radical (unpaired) electrons. The van der Waals surface area contributed by atoms with Gasteiger partial charge in [0.25, 0.3) is 10.0 Å². The third-order valence-electron chi connectivity index (χ3n) is 4.31. The van der Waals surface area contributed by atoms with Crippen LogP contribution in [0.1, 0.15) is 23.3 Å². The van der Waals surface area contributed by atoms with Crippen molar-refractivity contribution in [3.05, 3.63) is 47.8 Å². The van der Waals surface area contributed by atoms with Gasteiger partial charge in [0, 0.05) is 11.8 Å². The maximum absolute atomic E-state index is 12.7. The number of aliphatic carboxylic acids is 1. The number of hydroxylamine groups is 2. The molecule has 11 heteroatoms. The molecule has 10 nitrogen and oxygen atoms in total. The number of carbonyl (C=O) groups is 2. The highest BCUT2D eigenvalue weighted by Gasteiger charge is 2.52. The van der Waals surface area contributed by atoms with Gasteiger partial charge in [-0.05, 0) is 12.1 Å². The van der Waals surface area contributed by atoms with E-state index in [9.17, 15) is 28.3 Å². The summed E-state index contributed by atoms with van der Waals surface area (Å²) in [5.74, 6) is -1.36. The Hall–Kier alpha value is -2.92. The molecular weight excluding hydrogens is 352 g/mol. The molecule has 3 heterocycles. The molecule has 2 aliphatic rings. The van der Waals surface area contributed by atoms with E-state index in [1.165, 1.54) is 12.1 Å². The number of hydrogen-bond acceptors (Lipinski definition) is 6. The van der Waals surface area contributed by atoms with Crippen molar-refractivity contribution >= 4 is 22.0 Å². The van der Waals surface area contributed by atoms with Gasteiger partial charge >= 0.3 is 12.0 Å². The Kier molecular flexibility index (Phi) is 3.14. The molecule has 2 N–H and O–H groups in total. The Morgan fingerprint density at radius 3 is 2.56 bits per heavy atom. The number of amides is 2. The molecule has 25 heavy (non-hydrogen) atoms. The number of carboxylic acids is 1. The van der Waals surface area contributed by atoms with E-state index in [1.54, 1.807) is 18.2 Å². The van der Waals surface area contributed by atoms with Crippen LogP contribution in [0.2, 0.25) is 0 Å². The topological polar surface area (TPSA) is 133 Å². The minimum Gasteiger partial charge on any atom is -0.479 e. The van der Waals surface area contributed by atoms with Crippen LogP contribution in [0.5, 0.6) is 0 Å². The fourth-order valence-corrected chi connectivity index (χ4v) is 4.29. The minimum absolute atomic E-state index is 0.0101. The number of carboxylic acid groups (broad SMARTS) is 1. The summed E-state index contributed by atoms with van der Waals surface area (Å²) in [4.78, 5) is 24.5. The van der Waals surface area contributed by atoms with E-state index >= 15 is 0 Å². The second-order valence-electron chi connectivity index (χ2n) is 5.70. The third-order valence-corrected chi connectivity index (χ3v) is 5.86. The Morgan fingerprint density at radius 2 is 1.92 bits per heavy atom. The minimum atomic E-state index is -4.02. The molecule has 0 saturated carbocycles. The second-order valence-corrected chi connectivity index (χ2v) is 7.49. The van der Waals surface area contributed by atoms with Gasteiger partial charge < -0.3 is 10.0 Å². The van der Waals surface area contributed by atoms with Crippen molar-refractivity contribution in [2.75, 3.05) is 6.54 Å². The van der Waals surface area contributed by atoms with Crippen LogP contribution in [0.25, 0.3) is 0 Å². The molecule has 2 aliphatic heterocycles. The average molecular weight is 364 g/mol. The van der Waals surface area contributed by atoms with Gasteiger partial charge in [0.2, 0.25) is 0 Å². The zero-order valence-corrected chi connectivity index (χ0v) is 13.4. The van der Waals surface area contributed by atoms with E-state index in [2.05, 4.69) is 5.10 Å². The molecule has 0 aliphatic carbocycles. The van der Waals surface area contributed by atoms with E-state index in [4.69, 9.17) is 0 Å². The van der Waals surface area contributed by atoms with Gasteiger partial charge in [-0.3, -0.25) is 5.21 Å². The van der Waals surface area contributed by atoms with Gasteiger partial charge in [-0.2, -0.15) is 22.7 Å². The van der Waals surface area contributed by atoms with Crippen molar-refractivity contribution in [3.63, 3.8) is 0 Å². The zero-order chi connectivity index (χ0) is 17.9. The smallest absolute Gasteiger partial charge is 0.345 e. The standard InChI is InChI=1S/C14H12N4O6S/c19-13(20)12-11-9(10-7-16(12)14(21)18(10)22)6-17(15-11)25(23,24)8-4-2-1-3-5-8/h1-6,10,12,22H,7H2,(H,19,20)/t10-,12-/m0/s1. The van der Waals surface area contributed by atoms with Gasteiger partial charge in [-0.15, -0.1) is 0 Å². The fourth-order valence-electron chi connectivity index (χ4n) is 3.12. The lowest BCUT2D eigenvalue weighted by atomic mass is 9.98. The van der Waals surface area contributed by atoms with Crippen molar-refractivity contribution < 1.29 is 28.3 Å². The number of carbonyl (C=O) groups excluding carboxylic acids is 1. The van der Waals surface area contributed by atoms with E-state index in [0.717, 1.165) is 11.1 Å². The summed E-state index contributed by atoms with van der Waals surface area (Å²) in [6.45, 7) is -0.0591. The number of rotatable bonds is 3. The molecule has 2 amide bonds. The molecule has 1 saturated heterocycles. The Labute approximate surface area is 141 Å². The molecule has 1 fully saturated rings. The lowest BCUT2D eigenvalue weighted by Gasteiger charge is -2.25. The summed E-state index contributed by atoms with van der Waals surface area (Å²) < 4.78 is 26.0. The summed E-state index contributed by atoms with van der Waals surface area (Å²) in [6.07, 6.45) is 1.15. The SMILES string of the molecule is O=C(O)[C@@H]1c2nn(S(=O)(=O)c3ccccc3)cc2[C@@H]2CN1C(=O)N2O. The highest BCUT2D eigenvalue weighted by Crippen LogP contribution is 2.42. The van der Waals surface area contributed by atoms with Crippen LogP contribution in [0, 0.1) is 0 Å². The summed E-state index contributed by atoms with van der Waals surface area (Å²) in [6, 6.07) is 4.38. The number of urea groups is 1. The number of benzene rings is 1. The Morgan fingerprint density at radius 1 is 1.24 bits per heavy atom. The lowest BCUT2D eigenvalue weighted by Crippen LogP contribution is -2.38. The normalized spacial score (nSPS) is 22.2. The van der Waals surface area contributed by atoms with E-state index in [0.29, 0.717) is 9.15 Å². The number of hydrogen-bond donors (Lipinski definition) is 2. The van der Waals surface area contributed by atoms with Crippen molar-refractivity contribution in [2.24, 2.45) is 0 Å². The highest BCUT2D eigenvalue weighted by molar-refractivity contribution is 7.89. The number of nitrogens with zero attached hydrogens (tertiary/aromatic N) is 4. The molecular formula is C14H12N4O6S. The van der Waals surface area contributed by atoms with Crippen LogP contribution in [0.3, 0.4) is 0 Å². The summed E-state index contributed by atoms with van der Waals surface area (Å²) in [5, 5.41) is 23.7. The van der Waals surface area contributed by atoms with E-state index in [-0.39, 0.29) is 22.7 Å². The Bertz CT molecular complexity index is 986. The molecule has 0 unspecified atom stereocenters. The van der Waals surface area contributed by atoms with Gasteiger partial charge in [0.15, 0.2) is 6.04 Å². The maximum Gasteiger partial charge on any atom is 0.345 e. The van der Waals surface area contributed by atoms with Crippen molar-refractivity contribution in [2.45, 2.75) is 17.0 Å². The van der Waals surface area contributed by atoms with Crippen LogP contribution in [-0.4, -0.2) is 56.4 Å². The largest absolute Gasteiger partial charge is 0.479 e. The summed E-state index contributed by atoms with van der Waals surface area (Å²) in [5.41, 5.74) is 0.115. The van der Waals surface area contributed by atoms with Crippen LogP contribution < -0.4 is 0 Å². The molecule has 1 aromatic carbocycles. The number of fused-ring (bicyclic) bond motifs is 4. The molecule has 2 atom stereocenters. The van der Waals surface area contributed by atoms with Crippen molar-refractivity contribution in [1.82, 2.24) is 19.1 Å². The third kappa shape index (κ3) is 2.06. The quantitative estimate of drug-likeness (QED) is 0.754. The molecule has 1 aromatic heterocycles. The summed E-state index contributed by atoms with van der Waals surface area (Å²) in [7, 11) is -4.02. The zero-order valence-electron chi connectivity index (χ0n) is 12.6. The number of aromatic nitrogens is 2. The van der Waals surface area contributed by atoms with Crippen molar-refractivity contribution in [3.8, 4) is 0 Å². The second kappa shape index (κ2) is 5.04. The van der Waals surface area contributed by atoms with Gasteiger partial charge in [-0.25, -0.2) is 9.59 Å². The Balaban J connectivity index is 1.87. The highest BCUT2D eigenvalue weighted by atomic mass is 32.2. The van der Waals surface area contributed by atoms with Crippen LogP contribution in [0.4, 0.5) is 4.79 Å². The van der Waals surface area contributed by atoms with Crippen LogP contribution in [0.15, 0.2) is 41.4 Å². The lowest BCUT2D eigenvalue weighted by molar-refractivity contribution is -0.142. The van der Waals surface area contributed by atoms with Crippen LogP contribution in [-0.2, 0) is 14.8 Å². The first-order valence-electron chi connectivity index (χ1n) is 7.24. The first kappa shape index (κ1) is 15.6. The fraction of sp³-hybridized carbons (Fsp3) is 0.214. The molecule has 4 rings (SSSR count). The molecule has 2 bridgehead atoms. The van der Waals surface area contributed by atoms with Crippen LogP contribution >= 0.6 is 0 Å². The van der Waals surface area contributed by atoms with Gasteiger partial charge in [-0.1, -0.05) is 18.2 Å². The van der Waals surface area contributed by atoms with Gasteiger partial charge in [0.1, 0.15) is 11.7 Å². The summed E-state index contributed by atoms with van der Waals surface area (Å²) >= 11 is 0. The van der Waals surface area contributed by atoms with E-state index < -0.39 is 34.1 Å². The van der Waals surface area contributed by atoms with E-state index in [1.807, 2.05) is 0 Å².